The maximum Gasteiger partial charge on any atom is 0.328 e. The Bertz CT molecular complexity index is 1130. The number of hydrogen-bond donors (Lipinski definition) is 1. The highest BCUT2D eigenvalue weighted by atomic mass is 19.1. The fourth-order valence-corrected chi connectivity index (χ4v) is 4.84. The molecule has 1 saturated carbocycles. The van der Waals surface area contributed by atoms with Crippen molar-refractivity contribution < 1.29 is 37.7 Å². The van der Waals surface area contributed by atoms with Gasteiger partial charge < -0.3 is 24.3 Å². The molecule has 2 aromatic rings. The van der Waals surface area contributed by atoms with Crippen LogP contribution in [0.1, 0.15) is 68.4 Å². The van der Waals surface area contributed by atoms with Gasteiger partial charge in [0.15, 0.2) is 11.4 Å². The van der Waals surface area contributed by atoms with E-state index in [-0.39, 0.29) is 29.0 Å². The predicted octanol–water partition coefficient (Wildman–Crippen LogP) is 4.19. The minimum absolute atomic E-state index is 0.145. The summed E-state index contributed by atoms with van der Waals surface area (Å²) in [5.74, 6) is -2.02. The summed E-state index contributed by atoms with van der Waals surface area (Å²) in [5, 5.41) is 2.55. The highest BCUT2D eigenvalue weighted by molar-refractivity contribution is 5.98. The second kappa shape index (κ2) is 12.5. The Morgan fingerprint density at radius 3 is 2.35 bits per heavy atom. The number of nitrogens with zero attached hydrogens (tertiary/aromatic N) is 1. The van der Waals surface area contributed by atoms with Crippen LogP contribution >= 0.6 is 0 Å². The summed E-state index contributed by atoms with van der Waals surface area (Å²) in [4.78, 5) is 41.4. The van der Waals surface area contributed by atoms with Crippen LogP contribution in [0.4, 0.5) is 4.39 Å². The third kappa shape index (κ3) is 6.75. The molecule has 10 heteroatoms. The topological polar surface area (TPSA) is 113 Å². The molecule has 0 radical (unpaired) electrons. The molecule has 3 rings (SSSR count). The molecule has 9 nitrogen and oxygen atoms in total. The van der Waals surface area contributed by atoms with Crippen molar-refractivity contribution in [3.05, 3.63) is 47.5 Å². The number of carbonyl (C=O) groups excluding carboxylic acids is 3. The number of benzene rings is 1. The van der Waals surface area contributed by atoms with E-state index in [1.165, 1.54) is 52.5 Å². The van der Waals surface area contributed by atoms with Crippen molar-refractivity contribution in [2.45, 2.75) is 64.5 Å². The molecule has 0 aliphatic heterocycles. The second-order valence-electron chi connectivity index (χ2n) is 9.08. The number of ether oxygens (including phenoxy) is 4. The Morgan fingerprint density at radius 1 is 1.05 bits per heavy atom. The van der Waals surface area contributed by atoms with Gasteiger partial charge in [-0.1, -0.05) is 18.9 Å². The molecule has 0 saturated heterocycles. The summed E-state index contributed by atoms with van der Waals surface area (Å²) < 4.78 is 35.4. The van der Waals surface area contributed by atoms with Gasteiger partial charge >= 0.3 is 11.9 Å². The first-order valence-corrected chi connectivity index (χ1v) is 12.2. The van der Waals surface area contributed by atoms with E-state index >= 15 is 0 Å². The third-order valence-corrected chi connectivity index (χ3v) is 6.52. The van der Waals surface area contributed by atoms with Crippen molar-refractivity contribution in [1.29, 1.82) is 0 Å². The van der Waals surface area contributed by atoms with E-state index in [1.54, 1.807) is 13.0 Å². The average molecular weight is 517 g/mol. The standard InChI is InChI=1S/C27H33FN2O7/c1-15(30-26(32)24-25(37-17(3)31)21(34-4)12-13-29-24)27(33)36-16(2)23(18-8-6-7-9-18)20-11-10-19(28)14-22(20)35-5/h10-16,18,23H,6-9H2,1-5H3,(H,30,32)/t15-,16-,23-/m0/s1. The molecule has 1 aromatic heterocycles. The number of amides is 1. The lowest BCUT2D eigenvalue weighted by molar-refractivity contribution is -0.152. The number of nitrogens with one attached hydrogen (secondary N) is 1. The third-order valence-electron chi connectivity index (χ3n) is 6.52. The SMILES string of the molecule is COc1cc(F)ccc1[C@H](C1CCCC1)[C@H](C)OC(=O)[C@H](C)NC(=O)c1nccc(OC)c1OC(C)=O. The van der Waals surface area contributed by atoms with E-state index in [9.17, 15) is 18.8 Å². The maximum atomic E-state index is 13.9. The molecule has 1 fully saturated rings. The average Bonchev–Trinajstić information content (AvgIpc) is 3.39. The molecular formula is C27H33FN2O7. The number of carbonyl (C=O) groups is 3. The highest BCUT2D eigenvalue weighted by Crippen LogP contribution is 2.43. The molecule has 0 unspecified atom stereocenters. The summed E-state index contributed by atoms with van der Waals surface area (Å²) in [6, 6.07) is 4.79. The Morgan fingerprint density at radius 2 is 1.73 bits per heavy atom. The summed E-state index contributed by atoms with van der Waals surface area (Å²) >= 11 is 0. The Labute approximate surface area is 215 Å². The number of hydrogen-bond acceptors (Lipinski definition) is 8. The van der Waals surface area contributed by atoms with Gasteiger partial charge in [-0.3, -0.25) is 9.59 Å². The first-order valence-electron chi connectivity index (χ1n) is 12.2. The molecule has 0 bridgehead atoms. The monoisotopic (exact) mass is 516 g/mol. The van der Waals surface area contributed by atoms with E-state index in [0.29, 0.717) is 5.75 Å². The Kier molecular flexibility index (Phi) is 9.43. The maximum absolute atomic E-state index is 13.9. The summed E-state index contributed by atoms with van der Waals surface area (Å²) in [6.07, 6.45) is 4.81. The fraction of sp³-hybridized carbons (Fsp3) is 0.481. The zero-order chi connectivity index (χ0) is 27.1. The molecule has 1 aliphatic carbocycles. The number of esters is 2. The van der Waals surface area contributed by atoms with E-state index in [0.717, 1.165) is 31.2 Å². The van der Waals surface area contributed by atoms with Crippen molar-refractivity contribution in [3.8, 4) is 17.2 Å². The predicted molar refractivity (Wildman–Crippen MR) is 132 cm³/mol. The lowest BCUT2D eigenvalue weighted by atomic mass is 9.80. The van der Waals surface area contributed by atoms with Gasteiger partial charge in [-0.05, 0) is 38.7 Å². The number of methoxy groups -OCH3 is 2. The minimum atomic E-state index is -1.03. The largest absolute Gasteiger partial charge is 0.496 e. The van der Waals surface area contributed by atoms with E-state index in [2.05, 4.69) is 10.3 Å². The van der Waals surface area contributed by atoms with Gasteiger partial charge in [0.05, 0.1) is 14.2 Å². The van der Waals surface area contributed by atoms with Gasteiger partial charge in [0.25, 0.3) is 5.91 Å². The van der Waals surface area contributed by atoms with Crippen LogP contribution in [0.2, 0.25) is 0 Å². The molecule has 200 valence electrons. The van der Waals surface area contributed by atoms with Gasteiger partial charge in [-0.2, -0.15) is 0 Å². The number of halogens is 1. The quantitative estimate of drug-likeness (QED) is 0.468. The zero-order valence-corrected chi connectivity index (χ0v) is 21.7. The lowest BCUT2D eigenvalue weighted by Crippen LogP contribution is -2.42. The van der Waals surface area contributed by atoms with Crippen LogP contribution in [0.25, 0.3) is 0 Å². The molecule has 0 spiro atoms. The van der Waals surface area contributed by atoms with Gasteiger partial charge in [-0.25, -0.2) is 14.2 Å². The van der Waals surface area contributed by atoms with Gasteiger partial charge in [-0.15, -0.1) is 0 Å². The van der Waals surface area contributed by atoms with E-state index in [4.69, 9.17) is 18.9 Å². The van der Waals surface area contributed by atoms with Crippen LogP contribution in [0, 0.1) is 11.7 Å². The van der Waals surface area contributed by atoms with Gasteiger partial charge in [0, 0.05) is 36.7 Å². The molecule has 1 amide bonds. The van der Waals surface area contributed by atoms with Crippen molar-refractivity contribution in [3.63, 3.8) is 0 Å². The minimum Gasteiger partial charge on any atom is -0.496 e. The van der Waals surface area contributed by atoms with Gasteiger partial charge in [0.2, 0.25) is 5.75 Å². The normalized spacial score (nSPS) is 15.8. The van der Waals surface area contributed by atoms with Crippen molar-refractivity contribution in [2.24, 2.45) is 5.92 Å². The van der Waals surface area contributed by atoms with Crippen LogP contribution in [-0.4, -0.2) is 49.2 Å². The first-order chi connectivity index (χ1) is 17.7. The van der Waals surface area contributed by atoms with E-state index < -0.39 is 35.8 Å². The van der Waals surface area contributed by atoms with Crippen LogP contribution in [0.5, 0.6) is 17.2 Å². The smallest absolute Gasteiger partial charge is 0.328 e. The summed E-state index contributed by atoms with van der Waals surface area (Å²) in [6.45, 7) is 4.47. The van der Waals surface area contributed by atoms with Crippen molar-refractivity contribution >= 4 is 17.8 Å². The second-order valence-corrected chi connectivity index (χ2v) is 9.08. The Hall–Kier alpha value is -3.69. The zero-order valence-electron chi connectivity index (χ0n) is 21.7. The molecule has 1 heterocycles. The lowest BCUT2D eigenvalue weighted by Gasteiger charge is -2.31. The van der Waals surface area contributed by atoms with Gasteiger partial charge in [0.1, 0.15) is 23.7 Å². The number of aromatic nitrogens is 1. The Balaban J connectivity index is 1.77. The van der Waals surface area contributed by atoms with E-state index in [1.807, 2.05) is 0 Å². The molecule has 3 atom stereocenters. The summed E-state index contributed by atoms with van der Waals surface area (Å²) in [5.41, 5.74) is 0.571. The van der Waals surface area contributed by atoms with Crippen molar-refractivity contribution in [2.75, 3.05) is 14.2 Å². The molecule has 37 heavy (non-hydrogen) atoms. The summed E-state index contributed by atoms with van der Waals surface area (Å²) in [7, 11) is 2.84. The molecule has 1 N–H and O–H groups in total. The first kappa shape index (κ1) is 27.9. The molecule has 1 aromatic carbocycles. The van der Waals surface area contributed by atoms with Crippen LogP contribution in [0.3, 0.4) is 0 Å². The fourth-order valence-electron chi connectivity index (χ4n) is 4.84. The number of pyridine rings is 1. The van der Waals surface area contributed by atoms with Crippen LogP contribution in [-0.2, 0) is 14.3 Å². The van der Waals surface area contributed by atoms with Crippen molar-refractivity contribution in [1.82, 2.24) is 10.3 Å². The number of rotatable bonds is 10. The molecule has 1 aliphatic rings. The highest BCUT2D eigenvalue weighted by Gasteiger charge is 2.35. The molecular weight excluding hydrogens is 483 g/mol. The van der Waals surface area contributed by atoms with Crippen LogP contribution in [0.15, 0.2) is 30.5 Å². The van der Waals surface area contributed by atoms with Crippen LogP contribution < -0.4 is 19.5 Å².